The van der Waals surface area contributed by atoms with Crippen LogP contribution in [0.4, 0.5) is 4.39 Å². The second kappa shape index (κ2) is 8.07. The van der Waals surface area contributed by atoms with Gasteiger partial charge in [0.05, 0.1) is 14.2 Å². The Balaban J connectivity index is 1.59. The summed E-state index contributed by atoms with van der Waals surface area (Å²) in [6.07, 6.45) is 2.15. The van der Waals surface area contributed by atoms with Crippen LogP contribution in [0.25, 0.3) is 0 Å². The van der Waals surface area contributed by atoms with Gasteiger partial charge in [-0.05, 0) is 60.7 Å². The topological polar surface area (TPSA) is 21.7 Å². The molecule has 2 aromatic carbocycles. The lowest BCUT2D eigenvalue weighted by molar-refractivity contribution is 0.316. The van der Waals surface area contributed by atoms with Crippen LogP contribution in [0.1, 0.15) is 17.5 Å². The Morgan fingerprint density at radius 3 is 2.64 bits per heavy atom. The smallest absolute Gasteiger partial charge is 0.160 e. The normalized spacial score (nSPS) is 17.7. The number of hydrogen-bond donors (Lipinski definition) is 0. The average molecular weight is 364 g/mol. The number of likely N-dealkylation sites (tertiary alicyclic amines) is 1. The molecule has 1 unspecified atom stereocenters. The van der Waals surface area contributed by atoms with Crippen LogP contribution >= 0.6 is 11.6 Å². The third-order valence-electron chi connectivity index (χ3n) is 4.75. The first-order valence-corrected chi connectivity index (χ1v) is 8.84. The highest BCUT2D eigenvalue weighted by Crippen LogP contribution is 2.30. The summed E-state index contributed by atoms with van der Waals surface area (Å²) in [6, 6.07) is 10.7. The van der Waals surface area contributed by atoms with Crippen molar-refractivity contribution in [3.63, 3.8) is 0 Å². The molecule has 0 saturated carbocycles. The van der Waals surface area contributed by atoms with Gasteiger partial charge in [0.25, 0.3) is 0 Å². The maximum atomic E-state index is 13.2. The summed E-state index contributed by atoms with van der Waals surface area (Å²) in [5, 5.41) is 0.503. The van der Waals surface area contributed by atoms with E-state index in [1.165, 1.54) is 17.7 Å². The van der Waals surface area contributed by atoms with E-state index in [9.17, 15) is 4.39 Å². The second-order valence-electron chi connectivity index (χ2n) is 6.52. The lowest BCUT2D eigenvalue weighted by Crippen LogP contribution is -2.20. The molecule has 0 radical (unpaired) electrons. The zero-order chi connectivity index (χ0) is 17.8. The van der Waals surface area contributed by atoms with E-state index in [-0.39, 0.29) is 5.82 Å². The van der Waals surface area contributed by atoms with Gasteiger partial charge in [-0.3, -0.25) is 4.90 Å². The molecule has 5 heteroatoms. The van der Waals surface area contributed by atoms with E-state index in [0.29, 0.717) is 10.9 Å². The number of rotatable bonds is 6. The maximum Gasteiger partial charge on any atom is 0.160 e. The molecule has 25 heavy (non-hydrogen) atoms. The molecule has 1 saturated heterocycles. The van der Waals surface area contributed by atoms with Crippen molar-refractivity contribution in [3.8, 4) is 11.5 Å². The van der Waals surface area contributed by atoms with Crippen molar-refractivity contribution >= 4 is 11.6 Å². The number of benzene rings is 2. The fraction of sp³-hybridized carbons (Fsp3) is 0.400. The monoisotopic (exact) mass is 363 g/mol. The van der Waals surface area contributed by atoms with Crippen molar-refractivity contribution in [2.24, 2.45) is 5.92 Å². The van der Waals surface area contributed by atoms with Crippen LogP contribution < -0.4 is 9.47 Å². The Labute approximate surface area is 153 Å². The molecule has 2 aromatic rings. The summed E-state index contributed by atoms with van der Waals surface area (Å²) in [5.41, 5.74) is 2.24. The van der Waals surface area contributed by atoms with Crippen molar-refractivity contribution in [2.75, 3.05) is 27.3 Å². The number of halogens is 2. The van der Waals surface area contributed by atoms with Crippen LogP contribution in [0, 0.1) is 11.7 Å². The van der Waals surface area contributed by atoms with Gasteiger partial charge in [0.2, 0.25) is 0 Å². The molecular weight excluding hydrogens is 341 g/mol. The zero-order valence-electron chi connectivity index (χ0n) is 14.6. The minimum Gasteiger partial charge on any atom is -0.493 e. The molecular formula is C20H23ClFNO2. The molecule has 134 valence electrons. The van der Waals surface area contributed by atoms with E-state index < -0.39 is 0 Å². The van der Waals surface area contributed by atoms with Crippen LogP contribution in [0.5, 0.6) is 11.5 Å². The van der Waals surface area contributed by atoms with Gasteiger partial charge in [0, 0.05) is 18.1 Å². The van der Waals surface area contributed by atoms with Gasteiger partial charge in [-0.15, -0.1) is 0 Å². The van der Waals surface area contributed by atoms with Gasteiger partial charge < -0.3 is 9.47 Å². The summed E-state index contributed by atoms with van der Waals surface area (Å²) in [5.74, 6) is 1.83. The maximum absolute atomic E-state index is 13.2. The quantitative estimate of drug-likeness (QED) is 0.751. The summed E-state index contributed by atoms with van der Waals surface area (Å²) < 4.78 is 23.8. The molecule has 1 atom stereocenters. The van der Waals surface area contributed by atoms with Crippen LogP contribution in [-0.4, -0.2) is 32.2 Å². The predicted octanol–water partition coefficient (Wildman–Crippen LogP) is 4.56. The molecule has 0 aliphatic carbocycles. The Bertz CT molecular complexity index is 738. The first kappa shape index (κ1) is 18.0. The molecule has 3 rings (SSSR count). The fourth-order valence-corrected chi connectivity index (χ4v) is 3.68. The zero-order valence-corrected chi connectivity index (χ0v) is 15.4. The number of hydrogen-bond acceptors (Lipinski definition) is 3. The molecule has 3 nitrogen and oxygen atoms in total. The largest absolute Gasteiger partial charge is 0.493 e. The minimum absolute atomic E-state index is 0.290. The Hall–Kier alpha value is -1.78. The molecule has 1 fully saturated rings. The Kier molecular flexibility index (Phi) is 5.82. The predicted molar refractivity (Wildman–Crippen MR) is 98.0 cm³/mol. The first-order valence-electron chi connectivity index (χ1n) is 8.46. The van der Waals surface area contributed by atoms with Crippen molar-refractivity contribution in [1.29, 1.82) is 0 Å². The summed E-state index contributed by atoms with van der Waals surface area (Å²) in [7, 11) is 3.30. The van der Waals surface area contributed by atoms with E-state index in [0.717, 1.165) is 49.5 Å². The Morgan fingerprint density at radius 1 is 1.12 bits per heavy atom. The molecule has 0 aromatic heterocycles. The van der Waals surface area contributed by atoms with Crippen LogP contribution in [-0.2, 0) is 13.0 Å². The van der Waals surface area contributed by atoms with Gasteiger partial charge in [0.15, 0.2) is 11.5 Å². The van der Waals surface area contributed by atoms with Crippen LogP contribution in [0.3, 0.4) is 0 Å². The Morgan fingerprint density at radius 2 is 1.92 bits per heavy atom. The molecule has 1 aliphatic rings. The molecule has 0 bridgehead atoms. The minimum atomic E-state index is -0.290. The molecule has 1 aliphatic heterocycles. The van der Waals surface area contributed by atoms with E-state index in [1.54, 1.807) is 20.3 Å². The average Bonchev–Trinajstić information content (AvgIpc) is 3.04. The van der Waals surface area contributed by atoms with Crippen LogP contribution in [0.15, 0.2) is 36.4 Å². The van der Waals surface area contributed by atoms with Gasteiger partial charge in [0.1, 0.15) is 5.82 Å². The highest BCUT2D eigenvalue weighted by Gasteiger charge is 2.23. The number of nitrogens with zero attached hydrogens (tertiary/aromatic N) is 1. The van der Waals surface area contributed by atoms with E-state index >= 15 is 0 Å². The first-order chi connectivity index (χ1) is 12.1. The van der Waals surface area contributed by atoms with Crippen molar-refractivity contribution in [1.82, 2.24) is 4.90 Å². The van der Waals surface area contributed by atoms with Crippen LogP contribution in [0.2, 0.25) is 5.02 Å². The summed E-state index contributed by atoms with van der Waals surface area (Å²) in [4.78, 5) is 2.38. The standard InChI is InChI=1S/C20H23ClFNO2/c1-24-19-6-3-14(10-20(19)25-2)9-15-7-8-23(12-15)13-16-4-5-17(22)11-18(16)21/h3-6,10-11,15H,7-9,12-13H2,1-2H3. The van der Waals surface area contributed by atoms with E-state index in [1.807, 2.05) is 6.07 Å². The third kappa shape index (κ3) is 4.44. The molecule has 0 N–H and O–H groups in total. The lowest BCUT2D eigenvalue weighted by Gasteiger charge is -2.17. The van der Waals surface area contributed by atoms with Gasteiger partial charge in [-0.25, -0.2) is 4.39 Å². The van der Waals surface area contributed by atoms with Gasteiger partial charge in [-0.1, -0.05) is 23.7 Å². The van der Waals surface area contributed by atoms with Crippen molar-refractivity contribution in [3.05, 3.63) is 58.4 Å². The van der Waals surface area contributed by atoms with E-state index in [2.05, 4.69) is 17.0 Å². The summed E-state index contributed by atoms with van der Waals surface area (Å²) >= 11 is 6.14. The SMILES string of the molecule is COc1ccc(CC2CCN(Cc3ccc(F)cc3Cl)C2)cc1OC. The fourth-order valence-electron chi connectivity index (χ4n) is 3.45. The second-order valence-corrected chi connectivity index (χ2v) is 6.93. The van der Waals surface area contributed by atoms with Crippen molar-refractivity contribution < 1.29 is 13.9 Å². The number of methoxy groups -OCH3 is 2. The highest BCUT2D eigenvalue weighted by molar-refractivity contribution is 6.31. The molecule has 0 spiro atoms. The third-order valence-corrected chi connectivity index (χ3v) is 5.10. The van der Waals surface area contributed by atoms with E-state index in [4.69, 9.17) is 21.1 Å². The van der Waals surface area contributed by atoms with Gasteiger partial charge in [-0.2, -0.15) is 0 Å². The lowest BCUT2D eigenvalue weighted by atomic mass is 9.98. The number of ether oxygens (including phenoxy) is 2. The van der Waals surface area contributed by atoms with Crippen molar-refractivity contribution in [2.45, 2.75) is 19.4 Å². The molecule has 0 amide bonds. The van der Waals surface area contributed by atoms with Gasteiger partial charge >= 0.3 is 0 Å². The highest BCUT2D eigenvalue weighted by atomic mass is 35.5. The summed E-state index contributed by atoms with van der Waals surface area (Å²) in [6.45, 7) is 2.81. The molecule has 1 heterocycles.